The molecule has 0 saturated heterocycles. The number of carbonyl (C=O) groups is 1. The van der Waals surface area contributed by atoms with Crippen molar-refractivity contribution in [1.29, 1.82) is 0 Å². The molecule has 0 bridgehead atoms. The van der Waals surface area contributed by atoms with Gasteiger partial charge in [-0.1, -0.05) is 0 Å². The summed E-state index contributed by atoms with van der Waals surface area (Å²) in [5.41, 5.74) is -2.61. The normalized spacial score (nSPS) is 15.2. The molecule has 0 aliphatic carbocycles. The lowest BCUT2D eigenvalue weighted by Crippen LogP contribution is -2.25. The zero-order chi connectivity index (χ0) is 22.5. The van der Waals surface area contributed by atoms with E-state index < -0.39 is 57.0 Å². The first-order chi connectivity index (χ1) is 14.0. The van der Waals surface area contributed by atoms with Crippen LogP contribution in [0.3, 0.4) is 0 Å². The summed E-state index contributed by atoms with van der Waals surface area (Å²) in [5.74, 6) is -13.2. The van der Waals surface area contributed by atoms with Crippen LogP contribution in [-0.4, -0.2) is 21.6 Å². The number of hydrazone groups is 1. The Hall–Kier alpha value is -3.10. The average Bonchev–Trinajstić information content (AvgIpc) is 2.95. The number of aromatic hydroxyl groups is 1. The molecule has 1 heterocycles. The Kier molecular flexibility index (Phi) is 5.49. The van der Waals surface area contributed by atoms with Crippen molar-refractivity contribution < 1.29 is 36.8 Å². The van der Waals surface area contributed by atoms with Gasteiger partial charge in [0.25, 0.3) is 5.91 Å². The summed E-state index contributed by atoms with van der Waals surface area (Å²) in [6.07, 6.45) is 1.07. The van der Waals surface area contributed by atoms with Gasteiger partial charge in [0.15, 0.2) is 23.3 Å². The molecule has 3 rings (SSSR count). The summed E-state index contributed by atoms with van der Waals surface area (Å²) in [7, 11) is 0. The molecule has 1 aliphatic rings. The van der Waals surface area contributed by atoms with Crippen LogP contribution in [0.1, 0.15) is 12.5 Å². The van der Waals surface area contributed by atoms with E-state index in [1.54, 1.807) is 22.6 Å². The third-order valence-corrected chi connectivity index (χ3v) is 4.86. The van der Waals surface area contributed by atoms with E-state index in [9.17, 15) is 42.0 Å². The number of phenols is 1. The molecule has 0 radical (unpaired) electrons. The smallest absolute Gasteiger partial charge is 0.312 e. The lowest BCUT2D eigenvalue weighted by Gasteiger charge is -2.15. The average molecular weight is 539 g/mol. The molecular weight excluding hydrogens is 532 g/mol. The number of rotatable bonds is 3. The lowest BCUT2D eigenvalue weighted by atomic mass is 10.1. The summed E-state index contributed by atoms with van der Waals surface area (Å²) >= 11 is 1.61. The van der Waals surface area contributed by atoms with E-state index in [0.717, 1.165) is 12.1 Å². The molecule has 13 heteroatoms. The number of hydrogen-bond donors (Lipinski definition) is 1. The van der Waals surface area contributed by atoms with Gasteiger partial charge in [-0.25, -0.2) is 22.0 Å². The van der Waals surface area contributed by atoms with E-state index in [1.165, 1.54) is 13.0 Å². The highest BCUT2D eigenvalue weighted by Gasteiger charge is 2.37. The summed E-state index contributed by atoms with van der Waals surface area (Å²) in [6, 6.07) is 2.21. The number of anilines is 1. The molecule has 2 aromatic rings. The monoisotopic (exact) mass is 539 g/mol. The van der Waals surface area contributed by atoms with Crippen molar-refractivity contribution in [2.24, 2.45) is 5.10 Å². The Morgan fingerprint density at radius 1 is 1.10 bits per heavy atom. The highest BCUT2D eigenvalue weighted by atomic mass is 127. The highest BCUT2D eigenvalue weighted by molar-refractivity contribution is 14.1. The predicted molar refractivity (Wildman–Crippen MR) is 102 cm³/mol. The van der Waals surface area contributed by atoms with Crippen LogP contribution in [0, 0.1) is 42.8 Å². The minimum absolute atomic E-state index is 0.0250. The second-order valence-electron chi connectivity index (χ2n) is 5.91. The summed E-state index contributed by atoms with van der Waals surface area (Å²) in [6.45, 7) is 1.23. The fourth-order valence-electron chi connectivity index (χ4n) is 2.61. The zero-order valence-corrected chi connectivity index (χ0v) is 16.7. The van der Waals surface area contributed by atoms with Crippen molar-refractivity contribution in [1.82, 2.24) is 0 Å². The Bertz CT molecular complexity index is 1170. The van der Waals surface area contributed by atoms with Gasteiger partial charge in [-0.15, -0.1) is 0 Å². The summed E-state index contributed by atoms with van der Waals surface area (Å²) < 4.78 is 68.3. The number of phenolic OH excluding ortho intramolecular Hbond substituents is 1. The second kappa shape index (κ2) is 7.62. The maximum absolute atomic E-state index is 14.0. The Morgan fingerprint density at radius 2 is 1.63 bits per heavy atom. The predicted octanol–water partition coefficient (Wildman–Crippen LogP) is 4.41. The fourth-order valence-corrected chi connectivity index (χ4v) is 3.25. The summed E-state index contributed by atoms with van der Waals surface area (Å²) in [4.78, 5) is 22.8. The number of hydrogen-bond acceptors (Lipinski definition) is 5. The number of amides is 1. The van der Waals surface area contributed by atoms with E-state index in [-0.39, 0.29) is 25.4 Å². The quantitative estimate of drug-likeness (QED) is 0.119. The van der Waals surface area contributed by atoms with Gasteiger partial charge >= 0.3 is 5.69 Å². The van der Waals surface area contributed by atoms with E-state index in [0.29, 0.717) is 0 Å². The summed E-state index contributed by atoms with van der Waals surface area (Å²) in [5, 5.41) is 24.3. The molecule has 1 aliphatic heterocycles. The van der Waals surface area contributed by atoms with Crippen LogP contribution in [-0.2, 0) is 4.79 Å². The molecule has 0 spiro atoms. The standard InChI is InChI=1S/C17H7F5IN3O4/c1-5-7(2-6-3-8(23)16(27)9(4-6)26(29)30)17(28)25(24-5)15-13(21)11(19)10(18)12(20)14(15)22/h2-4,27H,1H3/b7-2+. The van der Waals surface area contributed by atoms with Crippen LogP contribution >= 0.6 is 22.6 Å². The van der Waals surface area contributed by atoms with Crippen LogP contribution in [0.2, 0.25) is 0 Å². The highest BCUT2D eigenvalue weighted by Crippen LogP contribution is 2.36. The number of nitrogens with zero attached hydrogens (tertiary/aromatic N) is 3. The van der Waals surface area contributed by atoms with Gasteiger partial charge in [-0.2, -0.15) is 10.1 Å². The maximum atomic E-state index is 14.0. The molecule has 0 aromatic heterocycles. The number of benzene rings is 2. The number of nitro benzene ring substituents is 1. The number of nitro groups is 1. The second-order valence-corrected chi connectivity index (χ2v) is 7.07. The fraction of sp³-hybridized carbons (Fsp3) is 0.0588. The number of carbonyl (C=O) groups excluding carboxylic acids is 1. The van der Waals surface area contributed by atoms with Crippen molar-refractivity contribution in [3.05, 3.63) is 66.0 Å². The molecule has 1 N–H and O–H groups in total. The van der Waals surface area contributed by atoms with Crippen molar-refractivity contribution in [2.45, 2.75) is 6.92 Å². The van der Waals surface area contributed by atoms with Gasteiger partial charge in [0.1, 0.15) is 5.69 Å². The van der Waals surface area contributed by atoms with Gasteiger partial charge in [0, 0.05) is 6.07 Å². The molecule has 2 aromatic carbocycles. The van der Waals surface area contributed by atoms with Crippen LogP contribution in [0.25, 0.3) is 6.08 Å². The number of halogens is 6. The maximum Gasteiger partial charge on any atom is 0.312 e. The first kappa shape index (κ1) is 21.6. The third kappa shape index (κ3) is 3.38. The molecule has 7 nitrogen and oxygen atoms in total. The van der Waals surface area contributed by atoms with Gasteiger partial charge in [0.05, 0.1) is 19.8 Å². The van der Waals surface area contributed by atoms with E-state index in [2.05, 4.69) is 5.10 Å². The van der Waals surface area contributed by atoms with Gasteiger partial charge in [0.2, 0.25) is 11.6 Å². The minimum atomic E-state index is -2.39. The van der Waals surface area contributed by atoms with Crippen molar-refractivity contribution in [2.75, 3.05) is 5.01 Å². The van der Waals surface area contributed by atoms with Gasteiger partial charge in [-0.3, -0.25) is 14.9 Å². The van der Waals surface area contributed by atoms with Crippen LogP contribution in [0.5, 0.6) is 5.75 Å². The Morgan fingerprint density at radius 3 is 2.17 bits per heavy atom. The van der Waals surface area contributed by atoms with Crippen molar-refractivity contribution in [3.63, 3.8) is 0 Å². The van der Waals surface area contributed by atoms with Crippen molar-refractivity contribution >= 4 is 51.7 Å². The SMILES string of the molecule is CC1=NN(c2c(F)c(F)c(F)c(F)c2F)C(=O)/C1=C/c1cc(I)c(O)c([N+](=O)[O-])c1. The van der Waals surface area contributed by atoms with Crippen LogP contribution in [0.15, 0.2) is 22.8 Å². The minimum Gasteiger partial charge on any atom is -0.501 e. The largest absolute Gasteiger partial charge is 0.501 e. The Labute approximate surface area is 177 Å². The Balaban J connectivity index is 2.12. The van der Waals surface area contributed by atoms with Gasteiger partial charge < -0.3 is 5.11 Å². The molecule has 156 valence electrons. The first-order valence-electron chi connectivity index (χ1n) is 7.75. The molecule has 0 saturated carbocycles. The van der Waals surface area contributed by atoms with Crippen LogP contribution < -0.4 is 5.01 Å². The van der Waals surface area contributed by atoms with Crippen LogP contribution in [0.4, 0.5) is 33.3 Å². The molecule has 0 fully saturated rings. The lowest BCUT2D eigenvalue weighted by molar-refractivity contribution is -0.386. The van der Waals surface area contributed by atoms with Crippen molar-refractivity contribution in [3.8, 4) is 5.75 Å². The molecular formula is C17H7F5IN3O4. The molecule has 0 unspecified atom stereocenters. The van der Waals surface area contributed by atoms with E-state index >= 15 is 0 Å². The topological polar surface area (TPSA) is 96.0 Å². The van der Waals surface area contributed by atoms with Gasteiger partial charge in [-0.05, 0) is 47.2 Å². The van der Waals surface area contributed by atoms with E-state index in [1.807, 2.05) is 0 Å². The molecule has 30 heavy (non-hydrogen) atoms. The molecule has 0 atom stereocenters. The first-order valence-corrected chi connectivity index (χ1v) is 8.83. The zero-order valence-electron chi connectivity index (χ0n) is 14.5. The van der Waals surface area contributed by atoms with E-state index in [4.69, 9.17) is 0 Å². The molecule has 1 amide bonds. The third-order valence-electron chi connectivity index (χ3n) is 4.03.